The zero-order chi connectivity index (χ0) is 29.8. The van der Waals surface area contributed by atoms with E-state index in [0.29, 0.717) is 29.7 Å². The summed E-state index contributed by atoms with van der Waals surface area (Å²) in [5, 5.41) is 9.79. The van der Waals surface area contributed by atoms with Crippen LogP contribution in [-0.4, -0.2) is 10.8 Å². The number of aryl methyl sites for hydroxylation is 2. The number of benzene rings is 2. The van der Waals surface area contributed by atoms with Crippen molar-refractivity contribution in [1.82, 2.24) is 4.98 Å². The summed E-state index contributed by atoms with van der Waals surface area (Å²) in [6.45, 7) is 1.99. The maximum Gasteiger partial charge on any atom is 0.165 e. The molecule has 6 rings (SSSR count). The van der Waals surface area contributed by atoms with E-state index in [9.17, 15) is 14.4 Å². The molecular formula is C39H37FN2O. The maximum absolute atomic E-state index is 14.0. The van der Waals surface area contributed by atoms with E-state index in [1.54, 1.807) is 12.1 Å². The summed E-state index contributed by atoms with van der Waals surface area (Å²) in [6, 6.07) is 18.7. The summed E-state index contributed by atoms with van der Waals surface area (Å²) in [5.74, 6) is 7.86. The molecule has 0 spiro atoms. The second-order valence-corrected chi connectivity index (χ2v) is 12.4. The lowest BCUT2D eigenvalue weighted by Gasteiger charge is -2.37. The van der Waals surface area contributed by atoms with Crippen molar-refractivity contribution in [2.75, 3.05) is 0 Å². The Labute approximate surface area is 254 Å². The van der Waals surface area contributed by atoms with Gasteiger partial charge in [0, 0.05) is 23.5 Å². The Bertz CT molecular complexity index is 1700. The molecule has 0 radical (unpaired) electrons. The lowest BCUT2D eigenvalue weighted by molar-refractivity contribution is 0.0969. The van der Waals surface area contributed by atoms with Crippen molar-refractivity contribution in [1.29, 1.82) is 5.26 Å². The van der Waals surface area contributed by atoms with Crippen molar-refractivity contribution >= 4 is 5.78 Å². The highest BCUT2D eigenvalue weighted by Gasteiger charge is 2.41. The Hall–Kier alpha value is -4.28. The second-order valence-electron chi connectivity index (χ2n) is 12.4. The highest BCUT2D eigenvalue weighted by molar-refractivity contribution is 5.98. The number of ketones is 1. The van der Waals surface area contributed by atoms with Crippen LogP contribution in [0.25, 0.3) is 11.3 Å². The number of hydrogen-bond acceptors (Lipinski definition) is 3. The molecule has 0 aliphatic heterocycles. The monoisotopic (exact) mass is 568 g/mol. The molecule has 1 aromatic heterocycles. The van der Waals surface area contributed by atoms with Crippen molar-refractivity contribution in [2.24, 2.45) is 17.8 Å². The molecule has 3 unspecified atom stereocenters. The van der Waals surface area contributed by atoms with Gasteiger partial charge in [0.05, 0.1) is 23.0 Å². The zero-order valence-corrected chi connectivity index (χ0v) is 24.8. The van der Waals surface area contributed by atoms with Crippen LogP contribution in [0.3, 0.4) is 0 Å². The molecule has 3 aliphatic rings. The molecule has 43 heavy (non-hydrogen) atoms. The fourth-order valence-electron chi connectivity index (χ4n) is 6.77. The van der Waals surface area contributed by atoms with E-state index in [1.165, 1.54) is 11.6 Å². The van der Waals surface area contributed by atoms with E-state index >= 15 is 0 Å². The predicted octanol–water partition coefficient (Wildman–Crippen LogP) is 9.07. The molecule has 216 valence electrons. The van der Waals surface area contributed by atoms with Crippen molar-refractivity contribution in [3.05, 3.63) is 112 Å². The van der Waals surface area contributed by atoms with Gasteiger partial charge in [0.2, 0.25) is 0 Å². The van der Waals surface area contributed by atoms with Crippen LogP contribution in [-0.2, 0) is 6.42 Å². The minimum atomic E-state index is -0.204. The van der Waals surface area contributed by atoms with Gasteiger partial charge in [0.1, 0.15) is 5.82 Å². The smallest absolute Gasteiger partial charge is 0.165 e. The molecule has 3 aliphatic carbocycles. The van der Waals surface area contributed by atoms with Crippen LogP contribution in [0.1, 0.15) is 90.0 Å². The average molecular weight is 569 g/mol. The second kappa shape index (κ2) is 12.9. The summed E-state index contributed by atoms with van der Waals surface area (Å²) in [7, 11) is 0. The molecule has 4 atom stereocenters. The molecule has 3 aromatic rings. The molecule has 4 heteroatoms. The van der Waals surface area contributed by atoms with E-state index in [2.05, 4.69) is 30.1 Å². The first-order valence-electron chi connectivity index (χ1n) is 15.6. The number of rotatable bonds is 10. The summed E-state index contributed by atoms with van der Waals surface area (Å²) >= 11 is 0. The molecule has 0 N–H and O–H groups in total. The van der Waals surface area contributed by atoms with Crippen LogP contribution < -0.4 is 0 Å². The van der Waals surface area contributed by atoms with Gasteiger partial charge in [0.25, 0.3) is 0 Å². The lowest BCUT2D eigenvalue weighted by atomic mass is 9.68. The van der Waals surface area contributed by atoms with Crippen LogP contribution in [0, 0.1) is 53.7 Å². The van der Waals surface area contributed by atoms with E-state index < -0.39 is 0 Å². The SMILES string of the molecule is Cc1cc(C(=O)C[C@H]2CC2C/C2=C/CC/C=C/C#C2)c(C2CCC2CCc2cccc(F)c2)nc1-c1ccccc1C#N. The Kier molecular flexibility index (Phi) is 8.67. The van der Waals surface area contributed by atoms with Gasteiger partial charge < -0.3 is 0 Å². The number of aromatic nitrogens is 1. The van der Waals surface area contributed by atoms with Crippen LogP contribution in [0.15, 0.2) is 78.4 Å². The molecule has 2 aromatic carbocycles. The largest absolute Gasteiger partial charge is 0.294 e. The summed E-state index contributed by atoms with van der Waals surface area (Å²) in [6.07, 6.45) is 14.7. The quantitative estimate of drug-likeness (QED) is 0.181. The number of nitrogens with zero attached hydrogens (tertiary/aromatic N) is 2. The highest BCUT2D eigenvalue weighted by atomic mass is 19.1. The first-order chi connectivity index (χ1) is 21.0. The van der Waals surface area contributed by atoms with Gasteiger partial charge in [0.15, 0.2) is 5.78 Å². The number of allylic oxidation sites excluding steroid dienone is 4. The van der Waals surface area contributed by atoms with E-state index in [1.807, 2.05) is 49.4 Å². The van der Waals surface area contributed by atoms with Gasteiger partial charge in [-0.25, -0.2) is 4.39 Å². The molecule has 2 saturated carbocycles. The zero-order valence-electron chi connectivity index (χ0n) is 24.8. The van der Waals surface area contributed by atoms with Gasteiger partial charge in [-0.1, -0.05) is 54.3 Å². The lowest BCUT2D eigenvalue weighted by Crippen LogP contribution is -2.27. The third kappa shape index (κ3) is 6.71. The van der Waals surface area contributed by atoms with Gasteiger partial charge in [-0.3, -0.25) is 9.78 Å². The Balaban J connectivity index is 1.25. The molecule has 0 amide bonds. The predicted molar refractivity (Wildman–Crippen MR) is 169 cm³/mol. The minimum absolute atomic E-state index is 0.176. The van der Waals surface area contributed by atoms with Crippen molar-refractivity contribution in [3.8, 4) is 29.2 Å². The van der Waals surface area contributed by atoms with Crippen molar-refractivity contribution in [3.63, 3.8) is 0 Å². The van der Waals surface area contributed by atoms with E-state index in [-0.39, 0.29) is 17.5 Å². The Morgan fingerprint density at radius 3 is 2.77 bits per heavy atom. The molecule has 2 fully saturated rings. The summed E-state index contributed by atoms with van der Waals surface area (Å²) < 4.78 is 13.8. The van der Waals surface area contributed by atoms with Crippen molar-refractivity contribution < 1.29 is 9.18 Å². The fraction of sp³-hybridized carbons (Fsp3) is 0.359. The minimum Gasteiger partial charge on any atom is -0.294 e. The van der Waals surface area contributed by atoms with Crippen LogP contribution in [0.4, 0.5) is 4.39 Å². The summed E-state index contributed by atoms with van der Waals surface area (Å²) in [4.78, 5) is 19.2. The fourth-order valence-corrected chi connectivity index (χ4v) is 6.77. The third-order valence-electron chi connectivity index (χ3n) is 9.46. The van der Waals surface area contributed by atoms with Gasteiger partial charge in [-0.05, 0) is 123 Å². The highest BCUT2D eigenvalue weighted by Crippen LogP contribution is 2.49. The average Bonchev–Trinajstić information content (AvgIpc) is 3.71. The molecular weight excluding hydrogens is 531 g/mol. The first kappa shape index (κ1) is 28.8. The maximum atomic E-state index is 14.0. The molecule has 0 saturated heterocycles. The third-order valence-corrected chi connectivity index (χ3v) is 9.46. The van der Waals surface area contributed by atoms with E-state index in [0.717, 1.165) is 85.0 Å². The number of carbonyl (C=O) groups is 1. The number of hydrogen-bond donors (Lipinski definition) is 0. The molecule has 1 heterocycles. The number of carbonyl (C=O) groups excluding carboxylic acids is 1. The number of pyridine rings is 1. The topological polar surface area (TPSA) is 53.8 Å². The van der Waals surface area contributed by atoms with Gasteiger partial charge in [-0.2, -0.15) is 5.26 Å². The van der Waals surface area contributed by atoms with Crippen molar-refractivity contribution in [2.45, 2.75) is 70.6 Å². The van der Waals surface area contributed by atoms with Gasteiger partial charge >= 0.3 is 0 Å². The normalized spacial score (nSPS) is 24.2. The Morgan fingerprint density at radius 2 is 1.95 bits per heavy atom. The molecule has 3 nitrogen and oxygen atoms in total. The standard InChI is InChI=1S/C39H37FN2O/c1-26-20-36(37(43)24-32-23-31(32)21-27-10-5-3-2-4-6-11-27)39(42-38(26)34-15-8-7-13-30(34)25-41)35-19-18-29(35)17-16-28-12-9-14-33(40)22-28/h2-3,7-9,11-15,20,22,29,31-32,35H,4,6,16-19,21,23-24H2,1H3/b3-2+,27-11+/t29?,31?,32-,35?/m1/s1. The van der Waals surface area contributed by atoms with Gasteiger partial charge in [-0.15, -0.1) is 0 Å². The first-order valence-corrected chi connectivity index (χ1v) is 15.6. The number of nitriles is 1. The summed E-state index contributed by atoms with van der Waals surface area (Å²) in [5.41, 5.74) is 6.93. The Morgan fingerprint density at radius 1 is 1.07 bits per heavy atom. The van der Waals surface area contributed by atoms with Crippen LogP contribution in [0.5, 0.6) is 0 Å². The van der Waals surface area contributed by atoms with Crippen LogP contribution >= 0.6 is 0 Å². The van der Waals surface area contributed by atoms with E-state index in [4.69, 9.17) is 4.98 Å². The number of halogens is 1. The number of Topliss-reactive ketones (excluding diaryl/α,β-unsaturated/α-hetero) is 1. The van der Waals surface area contributed by atoms with Crippen LogP contribution in [0.2, 0.25) is 0 Å². The molecule has 0 bridgehead atoms.